The summed E-state index contributed by atoms with van der Waals surface area (Å²) in [5, 5.41) is 3.61. The topological polar surface area (TPSA) is 12.0 Å². The summed E-state index contributed by atoms with van der Waals surface area (Å²) in [6.45, 7) is 5.67. The maximum atomic E-state index is 3.61. The second-order valence-electron chi connectivity index (χ2n) is 5.42. The average molecular weight is 296 g/mol. The molecule has 1 saturated carbocycles. The number of halogens is 1. The van der Waals surface area contributed by atoms with Crippen molar-refractivity contribution < 1.29 is 0 Å². The molecule has 0 bridgehead atoms. The van der Waals surface area contributed by atoms with E-state index in [9.17, 15) is 0 Å². The van der Waals surface area contributed by atoms with Crippen molar-refractivity contribution in [3.8, 4) is 0 Å². The highest BCUT2D eigenvalue weighted by Gasteiger charge is 2.17. The second-order valence-corrected chi connectivity index (χ2v) is 6.27. The molecular formula is C15H22BrN. The van der Waals surface area contributed by atoms with Gasteiger partial charge in [-0.05, 0) is 49.3 Å². The van der Waals surface area contributed by atoms with Gasteiger partial charge in [0.25, 0.3) is 0 Å². The normalized spacial score (nSPS) is 24.6. The Morgan fingerprint density at radius 1 is 1.24 bits per heavy atom. The fraction of sp³-hybridized carbons (Fsp3) is 0.600. The number of nitrogens with one attached hydrogen (secondary N) is 1. The summed E-state index contributed by atoms with van der Waals surface area (Å²) in [6, 6.07) is 6.37. The van der Waals surface area contributed by atoms with E-state index in [1.165, 1.54) is 41.4 Å². The van der Waals surface area contributed by atoms with E-state index in [4.69, 9.17) is 0 Å². The maximum Gasteiger partial charge on any atom is 0.0381 e. The zero-order chi connectivity index (χ0) is 12.3. The van der Waals surface area contributed by atoms with Crippen molar-refractivity contribution in [2.75, 3.05) is 11.9 Å². The Balaban J connectivity index is 1.87. The molecule has 1 aliphatic carbocycles. The van der Waals surface area contributed by atoms with Gasteiger partial charge in [0.2, 0.25) is 0 Å². The van der Waals surface area contributed by atoms with E-state index in [0.29, 0.717) is 0 Å². The number of anilines is 1. The lowest BCUT2D eigenvalue weighted by Gasteiger charge is -2.26. The molecule has 0 heterocycles. The molecule has 1 aromatic rings. The zero-order valence-electron chi connectivity index (χ0n) is 10.8. The number of rotatable bonds is 3. The molecule has 1 aromatic carbocycles. The standard InChI is InChI=1S/C15H22BrN/c1-11-6-8-13(9-7-11)10-17-15-5-3-4-14(16)12(15)2/h3-5,11,13,17H,6-10H2,1-2H3. The molecular weight excluding hydrogens is 274 g/mol. The van der Waals surface area contributed by atoms with Crippen LogP contribution in [0.3, 0.4) is 0 Å². The third-order valence-corrected chi connectivity index (χ3v) is 4.84. The van der Waals surface area contributed by atoms with Crippen LogP contribution in [-0.4, -0.2) is 6.54 Å². The number of hydrogen-bond acceptors (Lipinski definition) is 1. The first-order valence-corrected chi connectivity index (χ1v) is 7.45. The lowest BCUT2D eigenvalue weighted by atomic mass is 9.83. The van der Waals surface area contributed by atoms with Crippen LogP contribution in [0.2, 0.25) is 0 Å². The zero-order valence-corrected chi connectivity index (χ0v) is 12.4. The predicted molar refractivity (Wildman–Crippen MR) is 78.5 cm³/mol. The summed E-state index contributed by atoms with van der Waals surface area (Å²) in [5.41, 5.74) is 2.59. The van der Waals surface area contributed by atoms with Gasteiger partial charge in [0.15, 0.2) is 0 Å². The fourth-order valence-corrected chi connectivity index (χ4v) is 2.95. The fourth-order valence-electron chi connectivity index (χ4n) is 2.59. The molecule has 0 saturated heterocycles. The molecule has 0 aliphatic heterocycles. The average Bonchev–Trinajstić information content (AvgIpc) is 2.33. The second kappa shape index (κ2) is 5.90. The Hall–Kier alpha value is -0.500. The van der Waals surface area contributed by atoms with Gasteiger partial charge in [-0.1, -0.05) is 41.8 Å². The van der Waals surface area contributed by atoms with Gasteiger partial charge >= 0.3 is 0 Å². The van der Waals surface area contributed by atoms with Crippen LogP contribution in [0, 0.1) is 18.8 Å². The highest BCUT2D eigenvalue weighted by atomic mass is 79.9. The van der Waals surface area contributed by atoms with Crippen LogP contribution in [0.15, 0.2) is 22.7 Å². The molecule has 1 nitrogen and oxygen atoms in total. The molecule has 2 heteroatoms. The van der Waals surface area contributed by atoms with Gasteiger partial charge in [-0.25, -0.2) is 0 Å². The molecule has 0 radical (unpaired) electrons. The van der Waals surface area contributed by atoms with Gasteiger partial charge in [-0.15, -0.1) is 0 Å². The van der Waals surface area contributed by atoms with Crippen LogP contribution in [0.5, 0.6) is 0 Å². The smallest absolute Gasteiger partial charge is 0.0381 e. The maximum absolute atomic E-state index is 3.61. The van der Waals surface area contributed by atoms with E-state index in [1.807, 2.05) is 0 Å². The predicted octanol–water partition coefficient (Wildman–Crippen LogP) is 5.00. The Bertz CT molecular complexity index is 367. The first-order chi connectivity index (χ1) is 8.16. The van der Waals surface area contributed by atoms with Crippen molar-refractivity contribution in [1.82, 2.24) is 0 Å². The third-order valence-electron chi connectivity index (χ3n) is 3.98. The summed E-state index contributed by atoms with van der Waals surface area (Å²) in [4.78, 5) is 0. The summed E-state index contributed by atoms with van der Waals surface area (Å²) >= 11 is 3.58. The molecule has 0 spiro atoms. The Labute approximate surface area is 113 Å². The van der Waals surface area contributed by atoms with Crippen LogP contribution < -0.4 is 5.32 Å². The van der Waals surface area contributed by atoms with Gasteiger partial charge in [0.1, 0.15) is 0 Å². The largest absolute Gasteiger partial charge is 0.385 e. The molecule has 0 unspecified atom stereocenters. The summed E-state index contributed by atoms with van der Waals surface area (Å²) in [5.74, 6) is 1.81. The minimum absolute atomic E-state index is 0.865. The molecule has 0 atom stereocenters. The Morgan fingerprint density at radius 3 is 2.65 bits per heavy atom. The van der Waals surface area contributed by atoms with Crippen molar-refractivity contribution in [3.63, 3.8) is 0 Å². The van der Waals surface area contributed by atoms with Crippen molar-refractivity contribution in [1.29, 1.82) is 0 Å². The molecule has 1 N–H and O–H groups in total. The van der Waals surface area contributed by atoms with Crippen LogP contribution in [0.4, 0.5) is 5.69 Å². The first kappa shape index (κ1) is 12.9. The van der Waals surface area contributed by atoms with E-state index in [-0.39, 0.29) is 0 Å². The van der Waals surface area contributed by atoms with E-state index < -0.39 is 0 Å². The van der Waals surface area contributed by atoms with Crippen molar-refractivity contribution in [2.45, 2.75) is 39.5 Å². The molecule has 2 rings (SSSR count). The quantitative estimate of drug-likeness (QED) is 0.828. The molecule has 1 fully saturated rings. The van der Waals surface area contributed by atoms with E-state index in [2.05, 4.69) is 53.3 Å². The highest BCUT2D eigenvalue weighted by Crippen LogP contribution is 2.29. The molecule has 17 heavy (non-hydrogen) atoms. The summed E-state index contributed by atoms with van der Waals surface area (Å²) < 4.78 is 1.19. The monoisotopic (exact) mass is 295 g/mol. The van der Waals surface area contributed by atoms with Gasteiger partial charge in [-0.3, -0.25) is 0 Å². The van der Waals surface area contributed by atoms with E-state index >= 15 is 0 Å². The Kier molecular flexibility index (Phi) is 4.49. The van der Waals surface area contributed by atoms with E-state index in [0.717, 1.165) is 18.4 Å². The first-order valence-electron chi connectivity index (χ1n) is 6.66. The van der Waals surface area contributed by atoms with Crippen LogP contribution >= 0.6 is 15.9 Å². The van der Waals surface area contributed by atoms with Gasteiger partial charge in [0, 0.05) is 16.7 Å². The van der Waals surface area contributed by atoms with Crippen molar-refractivity contribution in [3.05, 3.63) is 28.2 Å². The lowest BCUT2D eigenvalue weighted by molar-refractivity contribution is 0.300. The highest BCUT2D eigenvalue weighted by molar-refractivity contribution is 9.10. The van der Waals surface area contributed by atoms with E-state index in [1.54, 1.807) is 0 Å². The van der Waals surface area contributed by atoms with Crippen LogP contribution in [-0.2, 0) is 0 Å². The molecule has 0 aromatic heterocycles. The SMILES string of the molecule is Cc1c(Br)cccc1NCC1CCC(C)CC1. The molecule has 0 amide bonds. The third kappa shape index (κ3) is 3.48. The minimum atomic E-state index is 0.865. The van der Waals surface area contributed by atoms with Gasteiger partial charge in [-0.2, -0.15) is 0 Å². The summed E-state index contributed by atoms with van der Waals surface area (Å²) in [6.07, 6.45) is 5.59. The van der Waals surface area contributed by atoms with Gasteiger partial charge in [0.05, 0.1) is 0 Å². The van der Waals surface area contributed by atoms with Crippen LogP contribution in [0.25, 0.3) is 0 Å². The van der Waals surface area contributed by atoms with Crippen molar-refractivity contribution in [2.24, 2.45) is 11.8 Å². The van der Waals surface area contributed by atoms with Gasteiger partial charge < -0.3 is 5.32 Å². The number of hydrogen-bond donors (Lipinski definition) is 1. The van der Waals surface area contributed by atoms with Crippen molar-refractivity contribution >= 4 is 21.6 Å². The number of benzene rings is 1. The molecule has 1 aliphatic rings. The van der Waals surface area contributed by atoms with Crippen LogP contribution in [0.1, 0.15) is 38.2 Å². The lowest BCUT2D eigenvalue weighted by Crippen LogP contribution is -2.20. The Morgan fingerprint density at radius 2 is 1.94 bits per heavy atom. The minimum Gasteiger partial charge on any atom is -0.385 e. The summed E-state index contributed by atoms with van der Waals surface area (Å²) in [7, 11) is 0. The molecule has 94 valence electrons.